The molecule has 0 spiro atoms. The lowest BCUT2D eigenvalue weighted by molar-refractivity contribution is 0.301. The van der Waals surface area contributed by atoms with Crippen molar-refractivity contribution < 1.29 is 4.74 Å². The molecule has 0 radical (unpaired) electrons. The van der Waals surface area contributed by atoms with Crippen LogP contribution in [0.4, 0.5) is 5.69 Å². The number of anilines is 1. The predicted octanol–water partition coefficient (Wildman–Crippen LogP) is 2.14. The lowest BCUT2D eigenvalue weighted by atomic mass is 10.0. The van der Waals surface area contributed by atoms with Crippen LogP contribution in [0.15, 0.2) is 18.2 Å². The zero-order valence-corrected chi connectivity index (χ0v) is 9.58. The van der Waals surface area contributed by atoms with E-state index in [0.717, 1.165) is 24.6 Å². The number of nitrogens with one attached hydrogen (secondary N) is 1. The van der Waals surface area contributed by atoms with Crippen molar-refractivity contribution in [2.75, 3.05) is 25.2 Å². The first-order valence-electron chi connectivity index (χ1n) is 5.44. The van der Waals surface area contributed by atoms with Gasteiger partial charge in [-0.05, 0) is 23.6 Å². The van der Waals surface area contributed by atoms with Crippen LogP contribution in [-0.4, -0.2) is 20.2 Å². The predicted molar refractivity (Wildman–Crippen MR) is 62.4 cm³/mol. The van der Waals surface area contributed by atoms with Crippen molar-refractivity contribution in [2.24, 2.45) is 0 Å². The van der Waals surface area contributed by atoms with Crippen LogP contribution in [0, 0.1) is 0 Å². The van der Waals surface area contributed by atoms with Crippen LogP contribution >= 0.6 is 0 Å². The standard InChI is InChI=1S/C12H18N2O/c1-9(2)10-4-5-12-11(8-10)14(13-3)6-7-15-12/h4-5,8-9,13H,6-7H2,1-3H3. The number of hydrogen-bond donors (Lipinski definition) is 1. The van der Waals surface area contributed by atoms with E-state index >= 15 is 0 Å². The van der Waals surface area contributed by atoms with Crippen molar-refractivity contribution in [3.63, 3.8) is 0 Å². The van der Waals surface area contributed by atoms with E-state index in [4.69, 9.17) is 4.74 Å². The summed E-state index contributed by atoms with van der Waals surface area (Å²) in [5.74, 6) is 1.52. The molecule has 0 fully saturated rings. The topological polar surface area (TPSA) is 24.5 Å². The summed E-state index contributed by atoms with van der Waals surface area (Å²) in [4.78, 5) is 0. The molecule has 0 saturated heterocycles. The normalized spacial score (nSPS) is 15.1. The third-order valence-electron chi connectivity index (χ3n) is 2.78. The molecule has 1 aromatic carbocycles. The Balaban J connectivity index is 2.39. The summed E-state index contributed by atoms with van der Waals surface area (Å²) in [6, 6.07) is 6.41. The third-order valence-corrected chi connectivity index (χ3v) is 2.78. The summed E-state index contributed by atoms with van der Waals surface area (Å²) >= 11 is 0. The Labute approximate surface area is 91.0 Å². The summed E-state index contributed by atoms with van der Waals surface area (Å²) in [6.07, 6.45) is 0. The van der Waals surface area contributed by atoms with E-state index in [-0.39, 0.29) is 0 Å². The molecule has 0 bridgehead atoms. The summed E-state index contributed by atoms with van der Waals surface area (Å²) < 4.78 is 5.61. The molecule has 0 aliphatic carbocycles. The largest absolute Gasteiger partial charge is 0.489 e. The SMILES string of the molecule is CNN1CCOc2ccc(C(C)C)cc21. The van der Waals surface area contributed by atoms with E-state index < -0.39 is 0 Å². The Bertz CT molecular complexity index is 349. The van der Waals surface area contributed by atoms with Gasteiger partial charge in [-0.15, -0.1) is 0 Å². The molecule has 0 atom stereocenters. The second kappa shape index (κ2) is 4.11. The van der Waals surface area contributed by atoms with Gasteiger partial charge in [-0.25, -0.2) is 5.43 Å². The molecular formula is C12H18N2O. The first-order valence-corrected chi connectivity index (χ1v) is 5.44. The van der Waals surface area contributed by atoms with Crippen LogP contribution in [0.3, 0.4) is 0 Å². The molecule has 0 amide bonds. The minimum Gasteiger partial charge on any atom is -0.489 e. The van der Waals surface area contributed by atoms with Crippen LogP contribution < -0.4 is 15.2 Å². The molecule has 1 aliphatic heterocycles. The van der Waals surface area contributed by atoms with Gasteiger partial charge >= 0.3 is 0 Å². The fourth-order valence-electron chi connectivity index (χ4n) is 1.83. The number of fused-ring (bicyclic) bond motifs is 1. The molecule has 1 aliphatic rings. The van der Waals surface area contributed by atoms with Gasteiger partial charge in [0, 0.05) is 7.05 Å². The number of rotatable bonds is 2. The van der Waals surface area contributed by atoms with Crippen LogP contribution in [-0.2, 0) is 0 Å². The maximum atomic E-state index is 5.61. The molecule has 0 unspecified atom stereocenters. The molecule has 0 aromatic heterocycles. The van der Waals surface area contributed by atoms with Crippen molar-refractivity contribution in [1.29, 1.82) is 0 Å². The highest BCUT2D eigenvalue weighted by Crippen LogP contribution is 2.33. The van der Waals surface area contributed by atoms with Gasteiger partial charge < -0.3 is 9.75 Å². The van der Waals surface area contributed by atoms with Crippen LogP contribution in [0.1, 0.15) is 25.3 Å². The van der Waals surface area contributed by atoms with E-state index in [1.165, 1.54) is 5.56 Å². The van der Waals surface area contributed by atoms with Gasteiger partial charge in [0.25, 0.3) is 0 Å². The molecule has 1 aromatic rings. The average Bonchev–Trinajstić information content (AvgIpc) is 2.27. The number of ether oxygens (including phenoxy) is 1. The quantitative estimate of drug-likeness (QED) is 0.802. The lowest BCUT2D eigenvalue weighted by Crippen LogP contribution is -2.41. The summed E-state index contributed by atoms with van der Waals surface area (Å²) in [7, 11) is 1.94. The minimum absolute atomic E-state index is 0.552. The van der Waals surface area contributed by atoms with E-state index in [1.54, 1.807) is 0 Å². The Morgan fingerprint density at radius 3 is 2.87 bits per heavy atom. The average molecular weight is 206 g/mol. The van der Waals surface area contributed by atoms with Crippen LogP contribution in [0.2, 0.25) is 0 Å². The summed E-state index contributed by atoms with van der Waals surface area (Å²) in [5, 5.41) is 2.13. The Morgan fingerprint density at radius 2 is 2.20 bits per heavy atom. The number of hydrogen-bond acceptors (Lipinski definition) is 3. The highest BCUT2D eigenvalue weighted by atomic mass is 16.5. The molecule has 2 rings (SSSR count). The van der Waals surface area contributed by atoms with Crippen molar-refractivity contribution in [1.82, 2.24) is 5.43 Å². The zero-order valence-electron chi connectivity index (χ0n) is 9.58. The second-order valence-electron chi connectivity index (χ2n) is 4.11. The van der Waals surface area contributed by atoms with Crippen molar-refractivity contribution in [3.8, 4) is 5.75 Å². The molecule has 0 saturated carbocycles. The van der Waals surface area contributed by atoms with Crippen LogP contribution in [0.5, 0.6) is 5.75 Å². The Kier molecular flexibility index (Phi) is 2.82. The fraction of sp³-hybridized carbons (Fsp3) is 0.500. The zero-order chi connectivity index (χ0) is 10.8. The van der Waals surface area contributed by atoms with E-state index in [2.05, 4.69) is 42.5 Å². The highest BCUT2D eigenvalue weighted by Gasteiger charge is 2.17. The minimum atomic E-state index is 0.552. The summed E-state index contributed by atoms with van der Waals surface area (Å²) in [5.41, 5.74) is 5.67. The van der Waals surface area contributed by atoms with Crippen molar-refractivity contribution in [2.45, 2.75) is 19.8 Å². The van der Waals surface area contributed by atoms with E-state index in [1.807, 2.05) is 7.05 Å². The molecular weight excluding hydrogens is 188 g/mol. The number of benzene rings is 1. The van der Waals surface area contributed by atoms with Crippen molar-refractivity contribution in [3.05, 3.63) is 23.8 Å². The van der Waals surface area contributed by atoms with Gasteiger partial charge in [0.1, 0.15) is 12.4 Å². The van der Waals surface area contributed by atoms with Gasteiger partial charge in [0.15, 0.2) is 0 Å². The van der Waals surface area contributed by atoms with E-state index in [9.17, 15) is 0 Å². The van der Waals surface area contributed by atoms with Gasteiger partial charge in [-0.3, -0.25) is 0 Å². The van der Waals surface area contributed by atoms with Gasteiger partial charge in [0.2, 0.25) is 0 Å². The monoisotopic (exact) mass is 206 g/mol. The number of hydrazine groups is 1. The maximum absolute atomic E-state index is 5.61. The van der Waals surface area contributed by atoms with Gasteiger partial charge in [-0.1, -0.05) is 19.9 Å². The molecule has 3 nitrogen and oxygen atoms in total. The van der Waals surface area contributed by atoms with Crippen LogP contribution in [0.25, 0.3) is 0 Å². The highest BCUT2D eigenvalue weighted by molar-refractivity contribution is 5.61. The Morgan fingerprint density at radius 1 is 1.40 bits per heavy atom. The lowest BCUT2D eigenvalue weighted by Gasteiger charge is -2.30. The first-order chi connectivity index (χ1) is 7.22. The van der Waals surface area contributed by atoms with E-state index in [0.29, 0.717) is 5.92 Å². The smallest absolute Gasteiger partial charge is 0.144 e. The maximum Gasteiger partial charge on any atom is 0.144 e. The number of nitrogens with zero attached hydrogens (tertiary/aromatic N) is 1. The molecule has 15 heavy (non-hydrogen) atoms. The Hall–Kier alpha value is -1.22. The first kappa shape index (κ1) is 10.3. The molecule has 82 valence electrons. The second-order valence-corrected chi connectivity index (χ2v) is 4.11. The summed E-state index contributed by atoms with van der Waals surface area (Å²) in [6.45, 7) is 6.05. The fourth-order valence-corrected chi connectivity index (χ4v) is 1.83. The molecule has 1 N–H and O–H groups in total. The third kappa shape index (κ3) is 1.92. The van der Waals surface area contributed by atoms with Gasteiger partial charge in [-0.2, -0.15) is 0 Å². The van der Waals surface area contributed by atoms with Crippen molar-refractivity contribution >= 4 is 5.69 Å². The molecule has 3 heteroatoms. The molecule has 1 heterocycles. The van der Waals surface area contributed by atoms with Gasteiger partial charge in [0.05, 0.1) is 12.2 Å².